The molecule has 1 N–H and O–H groups in total. The number of H-pyrrole nitrogens is 1. The highest BCUT2D eigenvalue weighted by molar-refractivity contribution is 5.85. The van der Waals surface area contributed by atoms with Crippen LogP contribution in [0.1, 0.15) is 0 Å². The van der Waals surface area contributed by atoms with Crippen LogP contribution in [0.2, 0.25) is 0 Å². The fourth-order valence-electron chi connectivity index (χ4n) is 1.10. The van der Waals surface area contributed by atoms with Gasteiger partial charge in [-0.3, -0.25) is 9.89 Å². The molecular weight excluding hydrogens is 188 g/mol. The van der Waals surface area contributed by atoms with Crippen LogP contribution in [-0.4, -0.2) is 9.78 Å². The van der Waals surface area contributed by atoms with E-state index in [0.29, 0.717) is 0 Å². The molecule has 0 saturated carbocycles. The zero-order chi connectivity index (χ0) is 8.39. The largest absolute Gasteiger partial charge is 0.298 e. The number of hydrogen-bond donors (Lipinski definition) is 1. The molecule has 13 heavy (non-hydrogen) atoms. The predicted molar refractivity (Wildman–Crippen MR) is 53.6 cm³/mol. The Morgan fingerprint density at radius 3 is 2.31 bits per heavy atom. The first-order valence-electron chi connectivity index (χ1n) is 3.70. The smallest absolute Gasteiger partial charge is 0.271 e. The molecule has 0 bridgehead atoms. The molecule has 0 aliphatic heterocycles. The topological polar surface area (TPSA) is 37.8 Å². The minimum absolute atomic E-state index is 0. The zero-order valence-electron chi connectivity index (χ0n) is 6.81. The van der Waals surface area contributed by atoms with Gasteiger partial charge in [0.05, 0.1) is 5.69 Å². The lowest BCUT2D eigenvalue weighted by atomic mass is 10.3. The van der Waals surface area contributed by atoms with Crippen molar-refractivity contribution in [1.29, 1.82) is 0 Å². The Hall–Kier alpha value is -1.48. The van der Waals surface area contributed by atoms with Gasteiger partial charge in [0.15, 0.2) is 0 Å². The van der Waals surface area contributed by atoms with Crippen LogP contribution >= 0.6 is 12.4 Å². The molecule has 3 nitrogen and oxygen atoms in total. The van der Waals surface area contributed by atoms with E-state index >= 15 is 0 Å². The minimum atomic E-state index is -0.0406. The fraction of sp³-hybridized carbons (Fsp3) is 0. The molecule has 4 heteroatoms. The van der Waals surface area contributed by atoms with Gasteiger partial charge in [0.2, 0.25) is 0 Å². The van der Waals surface area contributed by atoms with Crippen molar-refractivity contribution < 1.29 is 0 Å². The summed E-state index contributed by atoms with van der Waals surface area (Å²) >= 11 is 0. The third-order valence-electron chi connectivity index (χ3n) is 1.66. The molecule has 68 valence electrons. The number of hydrogen-bond acceptors (Lipinski definition) is 1. The average Bonchev–Trinajstić information content (AvgIpc) is 2.53. The van der Waals surface area contributed by atoms with Crippen LogP contribution < -0.4 is 5.56 Å². The fourth-order valence-corrected chi connectivity index (χ4v) is 1.10. The van der Waals surface area contributed by atoms with Gasteiger partial charge >= 0.3 is 0 Å². The van der Waals surface area contributed by atoms with Crippen LogP contribution in [0.15, 0.2) is 47.4 Å². The van der Waals surface area contributed by atoms with Gasteiger partial charge in [-0.15, -0.1) is 12.4 Å². The molecule has 0 fully saturated rings. The van der Waals surface area contributed by atoms with Crippen LogP contribution in [0.25, 0.3) is 5.69 Å². The predicted octanol–water partition coefficient (Wildman–Crippen LogP) is 1.59. The minimum Gasteiger partial charge on any atom is -0.298 e. The Balaban J connectivity index is 0.000000845. The summed E-state index contributed by atoms with van der Waals surface area (Å²) in [4.78, 5) is 11.2. The molecule has 2 rings (SSSR count). The number of halogens is 1. The maximum absolute atomic E-state index is 11.2. The molecule has 0 amide bonds. The van der Waals surface area contributed by atoms with Crippen LogP contribution in [0.5, 0.6) is 0 Å². The van der Waals surface area contributed by atoms with E-state index in [1.54, 1.807) is 6.20 Å². The van der Waals surface area contributed by atoms with E-state index < -0.39 is 0 Å². The van der Waals surface area contributed by atoms with Crippen LogP contribution in [0, 0.1) is 0 Å². The highest BCUT2D eigenvalue weighted by Crippen LogP contribution is 2.00. The van der Waals surface area contributed by atoms with Crippen molar-refractivity contribution in [3.05, 3.63) is 52.9 Å². The van der Waals surface area contributed by atoms with Gasteiger partial charge in [0.25, 0.3) is 5.56 Å². The lowest BCUT2D eigenvalue weighted by Crippen LogP contribution is -2.12. The van der Waals surface area contributed by atoms with Gasteiger partial charge in [-0.25, -0.2) is 4.68 Å². The van der Waals surface area contributed by atoms with Gasteiger partial charge in [0.1, 0.15) is 0 Å². The number of nitrogens with zero attached hydrogens (tertiary/aromatic N) is 1. The molecule has 0 spiro atoms. The zero-order valence-corrected chi connectivity index (χ0v) is 7.62. The molecule has 1 heterocycles. The first-order chi connectivity index (χ1) is 5.88. The van der Waals surface area contributed by atoms with E-state index in [4.69, 9.17) is 0 Å². The van der Waals surface area contributed by atoms with Crippen molar-refractivity contribution in [3.8, 4) is 5.69 Å². The summed E-state index contributed by atoms with van der Waals surface area (Å²) in [5.41, 5.74) is 0.814. The number of rotatable bonds is 1. The van der Waals surface area contributed by atoms with Crippen molar-refractivity contribution in [2.45, 2.75) is 0 Å². The van der Waals surface area contributed by atoms with Crippen molar-refractivity contribution in [2.24, 2.45) is 0 Å². The Morgan fingerprint density at radius 2 is 1.77 bits per heavy atom. The molecule has 0 radical (unpaired) electrons. The molecule has 0 saturated heterocycles. The SMILES string of the molecule is Cl.O=c1cc[nH]n1-c1ccccc1. The Morgan fingerprint density at radius 1 is 1.08 bits per heavy atom. The van der Waals surface area contributed by atoms with E-state index in [2.05, 4.69) is 5.10 Å². The second-order valence-electron chi connectivity index (χ2n) is 2.47. The summed E-state index contributed by atoms with van der Waals surface area (Å²) in [5.74, 6) is 0. The molecule has 1 aromatic heterocycles. The van der Waals surface area contributed by atoms with Gasteiger partial charge in [-0.1, -0.05) is 18.2 Å². The summed E-state index contributed by atoms with van der Waals surface area (Å²) in [5, 5.41) is 2.83. The van der Waals surface area contributed by atoms with Gasteiger partial charge in [-0.2, -0.15) is 0 Å². The first-order valence-corrected chi connectivity index (χ1v) is 3.70. The highest BCUT2D eigenvalue weighted by Gasteiger charge is 1.96. The van der Waals surface area contributed by atoms with Gasteiger partial charge in [-0.05, 0) is 12.1 Å². The van der Waals surface area contributed by atoms with Crippen molar-refractivity contribution in [1.82, 2.24) is 9.78 Å². The van der Waals surface area contributed by atoms with Gasteiger partial charge < -0.3 is 0 Å². The molecule has 1 aromatic carbocycles. The van der Waals surface area contributed by atoms with Crippen LogP contribution in [0.3, 0.4) is 0 Å². The highest BCUT2D eigenvalue weighted by atomic mass is 35.5. The summed E-state index contributed by atoms with van der Waals surface area (Å²) in [6, 6.07) is 10.9. The lowest BCUT2D eigenvalue weighted by Gasteiger charge is -1.98. The summed E-state index contributed by atoms with van der Waals surface area (Å²) < 4.78 is 1.49. The van der Waals surface area contributed by atoms with Crippen LogP contribution in [-0.2, 0) is 0 Å². The second kappa shape index (κ2) is 3.96. The Bertz CT molecular complexity index is 418. The quantitative estimate of drug-likeness (QED) is 0.739. The molecule has 0 aliphatic rings. The normalized spacial score (nSPS) is 9.23. The van der Waals surface area contributed by atoms with E-state index in [-0.39, 0.29) is 18.0 Å². The third kappa shape index (κ3) is 1.81. The molecular formula is C9H9ClN2O. The number of aromatic nitrogens is 2. The second-order valence-corrected chi connectivity index (χ2v) is 2.47. The van der Waals surface area contributed by atoms with Crippen molar-refractivity contribution >= 4 is 12.4 Å². The molecule has 0 aliphatic carbocycles. The number of nitrogens with one attached hydrogen (secondary N) is 1. The third-order valence-corrected chi connectivity index (χ3v) is 1.66. The monoisotopic (exact) mass is 196 g/mol. The van der Waals surface area contributed by atoms with Gasteiger partial charge in [0, 0.05) is 12.3 Å². The van der Waals surface area contributed by atoms with E-state index in [1.165, 1.54) is 10.7 Å². The van der Waals surface area contributed by atoms with Crippen molar-refractivity contribution in [2.75, 3.05) is 0 Å². The maximum atomic E-state index is 11.2. The summed E-state index contributed by atoms with van der Waals surface area (Å²) in [6.07, 6.45) is 1.62. The molecule has 0 unspecified atom stereocenters. The summed E-state index contributed by atoms with van der Waals surface area (Å²) in [7, 11) is 0. The Labute approximate surface area is 81.4 Å². The molecule has 2 aromatic rings. The maximum Gasteiger partial charge on any atom is 0.271 e. The lowest BCUT2D eigenvalue weighted by molar-refractivity contribution is 0.849. The number of benzene rings is 1. The van der Waals surface area contributed by atoms with E-state index in [9.17, 15) is 4.79 Å². The Kier molecular flexibility index (Phi) is 2.93. The standard InChI is InChI=1S/C9H8N2O.ClH/c12-9-6-7-10-11(9)8-4-2-1-3-5-8;/h1-7,10H;1H. The van der Waals surface area contributed by atoms with Crippen molar-refractivity contribution in [3.63, 3.8) is 0 Å². The van der Waals surface area contributed by atoms with Crippen LogP contribution in [0.4, 0.5) is 0 Å². The summed E-state index contributed by atoms with van der Waals surface area (Å²) in [6.45, 7) is 0. The molecule has 0 atom stereocenters. The van der Waals surface area contributed by atoms with E-state index in [1.807, 2.05) is 30.3 Å². The number of aromatic amines is 1. The average molecular weight is 197 g/mol. The van der Waals surface area contributed by atoms with E-state index in [0.717, 1.165) is 5.69 Å². The number of para-hydroxylation sites is 1. The first kappa shape index (κ1) is 9.61.